The molecule has 7 heteroatoms. The van der Waals surface area contributed by atoms with Gasteiger partial charge >= 0.3 is 0 Å². The van der Waals surface area contributed by atoms with Gasteiger partial charge in [-0.1, -0.05) is 48.5 Å². The van der Waals surface area contributed by atoms with Gasteiger partial charge in [-0.3, -0.25) is 4.79 Å². The van der Waals surface area contributed by atoms with E-state index in [1.165, 1.54) is 6.92 Å². The number of carbonyl (C=O) groups excluding carboxylic acids is 1. The van der Waals surface area contributed by atoms with Gasteiger partial charge in [0.25, 0.3) is 0 Å². The van der Waals surface area contributed by atoms with Crippen molar-refractivity contribution in [2.75, 3.05) is 14.2 Å². The van der Waals surface area contributed by atoms with Crippen molar-refractivity contribution in [2.45, 2.75) is 19.4 Å². The second-order valence-corrected chi connectivity index (χ2v) is 8.28. The van der Waals surface area contributed by atoms with Crippen molar-refractivity contribution in [1.82, 2.24) is 14.8 Å². The number of hydrogen-bond donors (Lipinski definition) is 0. The highest BCUT2D eigenvalue weighted by Crippen LogP contribution is 2.40. The molecule has 1 amide bonds. The summed E-state index contributed by atoms with van der Waals surface area (Å²) in [5.41, 5.74) is 5.23. The molecule has 0 fully saturated rings. The summed E-state index contributed by atoms with van der Waals surface area (Å²) in [6.45, 7) is 1.53. The number of ether oxygens (including phenoxy) is 2. The first-order chi connectivity index (χ1) is 17.1. The van der Waals surface area contributed by atoms with Crippen LogP contribution in [0, 0.1) is 0 Å². The zero-order valence-electron chi connectivity index (χ0n) is 19.9. The summed E-state index contributed by atoms with van der Waals surface area (Å²) in [6, 6.07) is 25.2. The molecule has 5 rings (SSSR count). The quantitative estimate of drug-likeness (QED) is 0.389. The number of benzene rings is 3. The van der Waals surface area contributed by atoms with Crippen molar-refractivity contribution >= 4 is 11.6 Å². The van der Waals surface area contributed by atoms with Gasteiger partial charge in [0, 0.05) is 36.2 Å². The van der Waals surface area contributed by atoms with Crippen molar-refractivity contribution in [3.8, 4) is 28.4 Å². The van der Waals surface area contributed by atoms with Gasteiger partial charge in [-0.15, -0.1) is 0 Å². The summed E-state index contributed by atoms with van der Waals surface area (Å²) in [4.78, 5) is 12.7. The Labute approximate surface area is 204 Å². The largest absolute Gasteiger partial charge is 0.497 e. The molecule has 0 saturated heterocycles. The Morgan fingerprint density at radius 2 is 1.66 bits per heavy atom. The van der Waals surface area contributed by atoms with Crippen molar-refractivity contribution in [3.05, 3.63) is 96.2 Å². The standard InChI is InChI=1S/C28H26N4O3/c1-19(33)32-26(17-25(29-32)23-16-22(34-2)14-15-27(23)35-3)24-18-31(21-12-8-5-9-13-21)30-28(24)20-10-6-4-7-11-20/h4-16,18,26H,17H2,1-3H3. The topological polar surface area (TPSA) is 69.0 Å². The molecule has 0 radical (unpaired) electrons. The van der Waals surface area contributed by atoms with Crippen LogP contribution < -0.4 is 9.47 Å². The van der Waals surface area contributed by atoms with Crippen LogP contribution in [0.1, 0.15) is 30.5 Å². The minimum atomic E-state index is -0.314. The first-order valence-electron chi connectivity index (χ1n) is 11.4. The number of hydrazone groups is 1. The number of amides is 1. The minimum Gasteiger partial charge on any atom is -0.497 e. The number of rotatable bonds is 6. The van der Waals surface area contributed by atoms with E-state index in [0.717, 1.165) is 33.8 Å². The van der Waals surface area contributed by atoms with Crippen molar-refractivity contribution in [1.29, 1.82) is 0 Å². The Kier molecular flexibility index (Phi) is 6.06. The molecule has 0 N–H and O–H groups in total. The predicted molar refractivity (Wildman–Crippen MR) is 135 cm³/mol. The molecule has 0 aliphatic carbocycles. The maximum Gasteiger partial charge on any atom is 0.240 e. The van der Waals surface area contributed by atoms with Crippen LogP contribution in [-0.4, -0.2) is 40.6 Å². The average Bonchev–Trinajstić information content (AvgIpc) is 3.54. The molecule has 1 aromatic heterocycles. The molecule has 1 atom stereocenters. The Hall–Kier alpha value is -4.39. The minimum absolute atomic E-state index is 0.140. The summed E-state index contributed by atoms with van der Waals surface area (Å²) in [7, 11) is 3.25. The van der Waals surface area contributed by atoms with E-state index in [4.69, 9.17) is 19.7 Å². The van der Waals surface area contributed by atoms with Gasteiger partial charge in [-0.05, 0) is 30.3 Å². The van der Waals surface area contributed by atoms with Gasteiger partial charge in [-0.25, -0.2) is 9.69 Å². The normalized spacial score (nSPS) is 15.1. The highest BCUT2D eigenvalue weighted by atomic mass is 16.5. The van der Waals surface area contributed by atoms with Gasteiger partial charge in [0.2, 0.25) is 5.91 Å². The molecule has 1 aliphatic rings. The van der Waals surface area contributed by atoms with E-state index in [9.17, 15) is 4.79 Å². The number of aromatic nitrogens is 2. The highest BCUT2D eigenvalue weighted by molar-refractivity contribution is 6.05. The summed E-state index contributed by atoms with van der Waals surface area (Å²) in [6.07, 6.45) is 2.52. The Balaban J connectivity index is 1.62. The number of hydrogen-bond acceptors (Lipinski definition) is 5. The molecule has 0 bridgehead atoms. The summed E-state index contributed by atoms with van der Waals surface area (Å²) >= 11 is 0. The van der Waals surface area contributed by atoms with Crippen LogP contribution in [0.25, 0.3) is 16.9 Å². The lowest BCUT2D eigenvalue weighted by atomic mass is 9.96. The number of carbonyl (C=O) groups is 1. The number of para-hydroxylation sites is 1. The third-order valence-electron chi connectivity index (χ3n) is 6.12. The van der Waals surface area contributed by atoms with Crippen molar-refractivity contribution < 1.29 is 14.3 Å². The summed E-state index contributed by atoms with van der Waals surface area (Å²) < 4.78 is 12.9. The molecule has 3 aromatic carbocycles. The fraction of sp³-hybridized carbons (Fsp3) is 0.179. The monoisotopic (exact) mass is 466 g/mol. The third kappa shape index (κ3) is 4.28. The van der Waals surface area contributed by atoms with Gasteiger partial charge in [0.05, 0.1) is 37.4 Å². The Bertz CT molecular complexity index is 1380. The maximum absolute atomic E-state index is 12.7. The molecule has 176 valence electrons. The molecule has 35 heavy (non-hydrogen) atoms. The zero-order valence-corrected chi connectivity index (χ0v) is 19.9. The Morgan fingerprint density at radius 1 is 0.943 bits per heavy atom. The van der Waals surface area contributed by atoms with E-state index in [2.05, 4.69) is 0 Å². The van der Waals surface area contributed by atoms with E-state index in [1.807, 2.05) is 89.7 Å². The first kappa shape index (κ1) is 22.4. The van der Waals surface area contributed by atoms with E-state index >= 15 is 0 Å². The van der Waals surface area contributed by atoms with E-state index in [1.54, 1.807) is 19.2 Å². The zero-order chi connectivity index (χ0) is 24.4. The van der Waals surface area contributed by atoms with Crippen LogP contribution in [0.5, 0.6) is 11.5 Å². The van der Waals surface area contributed by atoms with Crippen LogP contribution in [-0.2, 0) is 4.79 Å². The van der Waals surface area contributed by atoms with Gasteiger partial charge in [0.1, 0.15) is 11.5 Å². The van der Waals surface area contributed by atoms with E-state index in [0.29, 0.717) is 17.9 Å². The third-order valence-corrected chi connectivity index (χ3v) is 6.12. The lowest BCUT2D eigenvalue weighted by Gasteiger charge is -2.20. The van der Waals surface area contributed by atoms with Crippen LogP contribution in [0.4, 0.5) is 0 Å². The van der Waals surface area contributed by atoms with Crippen molar-refractivity contribution in [3.63, 3.8) is 0 Å². The lowest BCUT2D eigenvalue weighted by Crippen LogP contribution is -2.24. The highest BCUT2D eigenvalue weighted by Gasteiger charge is 2.35. The van der Waals surface area contributed by atoms with Crippen LogP contribution >= 0.6 is 0 Å². The van der Waals surface area contributed by atoms with E-state index < -0.39 is 0 Å². The first-order valence-corrected chi connectivity index (χ1v) is 11.4. The van der Waals surface area contributed by atoms with Gasteiger partial charge in [-0.2, -0.15) is 10.2 Å². The number of methoxy groups -OCH3 is 2. The van der Waals surface area contributed by atoms with Crippen LogP contribution in [0.3, 0.4) is 0 Å². The SMILES string of the molecule is COc1ccc(OC)c(C2=NN(C(C)=O)C(c3cn(-c4ccccc4)nc3-c3ccccc3)C2)c1. The molecular weight excluding hydrogens is 440 g/mol. The Morgan fingerprint density at radius 3 is 2.31 bits per heavy atom. The fourth-order valence-corrected chi connectivity index (χ4v) is 4.41. The van der Waals surface area contributed by atoms with Crippen molar-refractivity contribution in [2.24, 2.45) is 5.10 Å². The number of nitrogens with zero attached hydrogens (tertiary/aromatic N) is 4. The smallest absolute Gasteiger partial charge is 0.240 e. The fourth-order valence-electron chi connectivity index (χ4n) is 4.41. The summed E-state index contributed by atoms with van der Waals surface area (Å²) in [5, 5.41) is 11.2. The van der Waals surface area contributed by atoms with Gasteiger partial charge in [0.15, 0.2) is 0 Å². The van der Waals surface area contributed by atoms with Gasteiger partial charge < -0.3 is 9.47 Å². The molecule has 0 saturated carbocycles. The summed E-state index contributed by atoms with van der Waals surface area (Å²) in [5.74, 6) is 1.23. The second kappa shape index (κ2) is 9.46. The molecule has 4 aromatic rings. The molecule has 1 aliphatic heterocycles. The molecular formula is C28H26N4O3. The maximum atomic E-state index is 12.7. The molecule has 1 unspecified atom stereocenters. The van der Waals surface area contributed by atoms with E-state index in [-0.39, 0.29) is 11.9 Å². The molecule has 7 nitrogen and oxygen atoms in total. The molecule has 0 spiro atoms. The lowest BCUT2D eigenvalue weighted by molar-refractivity contribution is -0.130. The average molecular weight is 467 g/mol. The van der Waals surface area contributed by atoms with Crippen LogP contribution in [0.15, 0.2) is 90.2 Å². The van der Waals surface area contributed by atoms with Crippen LogP contribution in [0.2, 0.25) is 0 Å². The second-order valence-electron chi connectivity index (χ2n) is 8.28. The molecule has 2 heterocycles. The predicted octanol–water partition coefficient (Wildman–Crippen LogP) is 5.25.